The highest BCUT2D eigenvalue weighted by atomic mass is 32.1. The van der Waals surface area contributed by atoms with Gasteiger partial charge >= 0.3 is 5.97 Å². The summed E-state index contributed by atoms with van der Waals surface area (Å²) in [7, 11) is 0. The third-order valence-electron chi connectivity index (χ3n) is 3.11. The number of carbonyl (C=O) groups excluding carboxylic acids is 2. The molecule has 9 heteroatoms. The van der Waals surface area contributed by atoms with Crippen LogP contribution in [0.2, 0.25) is 0 Å². The van der Waals surface area contributed by atoms with Crippen molar-refractivity contribution in [3.8, 4) is 0 Å². The molecule has 0 saturated carbocycles. The second kappa shape index (κ2) is 6.74. The van der Waals surface area contributed by atoms with Crippen molar-refractivity contribution in [1.82, 2.24) is 9.55 Å². The number of aldehydes is 1. The Bertz CT molecular complexity index is 653. The van der Waals surface area contributed by atoms with Gasteiger partial charge in [-0.1, -0.05) is 0 Å². The summed E-state index contributed by atoms with van der Waals surface area (Å²) in [5.41, 5.74) is 4.59. The number of aromatic amines is 1. The van der Waals surface area contributed by atoms with Gasteiger partial charge < -0.3 is 15.2 Å². The summed E-state index contributed by atoms with van der Waals surface area (Å²) in [5, 5.41) is 0. The highest BCUT2D eigenvalue weighted by Crippen LogP contribution is 2.28. The molecule has 2 heterocycles. The average molecular weight is 313 g/mol. The molecule has 2 rings (SSSR count). The van der Waals surface area contributed by atoms with Crippen molar-refractivity contribution in [2.45, 2.75) is 25.2 Å². The number of hydrogen-bond acceptors (Lipinski definition) is 7. The van der Waals surface area contributed by atoms with Gasteiger partial charge in [0.1, 0.15) is 12.8 Å². The molecule has 8 nitrogen and oxygen atoms in total. The Morgan fingerprint density at radius 2 is 2.38 bits per heavy atom. The summed E-state index contributed by atoms with van der Waals surface area (Å²) in [6.07, 6.45) is 2.45. The number of esters is 1. The van der Waals surface area contributed by atoms with E-state index in [2.05, 4.69) is 4.98 Å². The summed E-state index contributed by atoms with van der Waals surface area (Å²) in [5.74, 6) is -0.494. The van der Waals surface area contributed by atoms with E-state index >= 15 is 0 Å². The van der Waals surface area contributed by atoms with Crippen LogP contribution in [0.1, 0.15) is 29.4 Å². The Morgan fingerprint density at radius 3 is 3.05 bits per heavy atom. The molecular weight excluding hydrogens is 298 g/mol. The van der Waals surface area contributed by atoms with Crippen LogP contribution in [-0.2, 0) is 14.3 Å². The van der Waals surface area contributed by atoms with E-state index in [1.165, 1.54) is 10.8 Å². The fourth-order valence-corrected chi connectivity index (χ4v) is 2.32. The number of carbonyl (C=O) groups is 2. The molecule has 2 atom stereocenters. The average Bonchev–Trinajstić information content (AvgIpc) is 2.93. The zero-order valence-corrected chi connectivity index (χ0v) is 11.9. The number of nitrogens with zero attached hydrogens (tertiary/aromatic N) is 1. The van der Waals surface area contributed by atoms with Crippen LogP contribution in [0.4, 0.5) is 0 Å². The first kappa shape index (κ1) is 15.5. The minimum Gasteiger partial charge on any atom is -0.462 e. The second-order valence-electron chi connectivity index (χ2n) is 4.55. The van der Waals surface area contributed by atoms with Gasteiger partial charge in [-0.05, 0) is 25.1 Å². The lowest BCUT2D eigenvalue weighted by atomic mass is 10.2. The van der Waals surface area contributed by atoms with Crippen LogP contribution < -0.4 is 11.3 Å². The minimum absolute atomic E-state index is 0.0230. The zero-order valence-electron chi connectivity index (χ0n) is 11.1. The van der Waals surface area contributed by atoms with Crippen LogP contribution in [0.25, 0.3) is 0 Å². The fraction of sp³-hybridized carbons (Fsp3) is 0.500. The summed E-state index contributed by atoms with van der Waals surface area (Å²) in [6, 6.07) is 0. The van der Waals surface area contributed by atoms with Crippen molar-refractivity contribution in [2.24, 2.45) is 5.73 Å². The molecule has 0 bridgehead atoms. The van der Waals surface area contributed by atoms with Gasteiger partial charge in [0.05, 0.1) is 18.2 Å². The van der Waals surface area contributed by atoms with Gasteiger partial charge in [0.25, 0.3) is 5.56 Å². The van der Waals surface area contributed by atoms with Gasteiger partial charge in [-0.15, -0.1) is 0 Å². The molecule has 0 aliphatic carbocycles. The van der Waals surface area contributed by atoms with E-state index < -0.39 is 17.8 Å². The van der Waals surface area contributed by atoms with Crippen LogP contribution >= 0.6 is 12.2 Å². The molecule has 21 heavy (non-hydrogen) atoms. The van der Waals surface area contributed by atoms with E-state index in [0.717, 1.165) is 0 Å². The third kappa shape index (κ3) is 3.63. The number of nitrogens with one attached hydrogen (secondary N) is 1. The molecule has 1 fully saturated rings. The predicted octanol–water partition coefficient (Wildman–Crippen LogP) is -0.102. The molecule has 1 aliphatic heterocycles. The molecule has 114 valence electrons. The quantitative estimate of drug-likeness (QED) is 0.443. The van der Waals surface area contributed by atoms with E-state index in [4.69, 9.17) is 27.4 Å². The van der Waals surface area contributed by atoms with Crippen LogP contribution in [-0.4, -0.2) is 41.1 Å². The van der Waals surface area contributed by atoms with Gasteiger partial charge in [0, 0.05) is 6.20 Å². The minimum atomic E-state index is -0.530. The summed E-state index contributed by atoms with van der Waals surface area (Å²) in [6.45, 7) is -0.0619. The molecule has 1 aromatic rings. The molecule has 3 N–H and O–H groups in total. The van der Waals surface area contributed by atoms with Gasteiger partial charge in [-0.25, -0.2) is 0 Å². The van der Waals surface area contributed by atoms with Gasteiger partial charge in [-0.3, -0.25) is 23.9 Å². The number of aromatic nitrogens is 2. The molecular formula is C12H15N3O5S. The zero-order chi connectivity index (χ0) is 15.4. The van der Waals surface area contributed by atoms with Crippen molar-refractivity contribution in [3.63, 3.8) is 0 Å². The first-order valence-corrected chi connectivity index (χ1v) is 6.77. The Labute approximate surface area is 124 Å². The topological polar surface area (TPSA) is 116 Å². The maximum absolute atomic E-state index is 11.4. The van der Waals surface area contributed by atoms with E-state index in [-0.39, 0.29) is 29.6 Å². The number of rotatable bonds is 5. The highest BCUT2D eigenvalue weighted by Gasteiger charge is 2.28. The molecule has 0 radical (unpaired) electrons. The molecule has 1 saturated heterocycles. The Hall–Kier alpha value is -1.84. The van der Waals surface area contributed by atoms with Crippen LogP contribution in [0.3, 0.4) is 0 Å². The fourth-order valence-electron chi connectivity index (χ4n) is 2.06. The van der Waals surface area contributed by atoms with Crippen LogP contribution in [0, 0.1) is 4.77 Å². The Kier molecular flexibility index (Phi) is 4.99. The van der Waals surface area contributed by atoms with Crippen molar-refractivity contribution < 1.29 is 19.1 Å². The van der Waals surface area contributed by atoms with Crippen molar-refractivity contribution >= 4 is 24.5 Å². The standard InChI is InChI=1S/C12H15N3O5S/c13-3-10(17)19-6-8-1-2-9(20-8)15-4-7(5-16)11(18)14-12(15)21/h4-5,8-9H,1-3,6,13H2,(H,14,18,21). The van der Waals surface area contributed by atoms with E-state index in [0.29, 0.717) is 19.1 Å². The molecule has 0 aromatic carbocycles. The molecule has 2 unspecified atom stereocenters. The van der Waals surface area contributed by atoms with Crippen LogP contribution in [0.5, 0.6) is 0 Å². The molecule has 1 aromatic heterocycles. The number of nitrogens with two attached hydrogens (primary N) is 1. The first-order chi connectivity index (χ1) is 10.0. The summed E-state index contributed by atoms with van der Waals surface area (Å²) < 4.78 is 12.3. The predicted molar refractivity (Wildman–Crippen MR) is 74.4 cm³/mol. The largest absolute Gasteiger partial charge is 0.462 e. The van der Waals surface area contributed by atoms with E-state index in [1.54, 1.807) is 0 Å². The highest BCUT2D eigenvalue weighted by molar-refractivity contribution is 7.71. The van der Waals surface area contributed by atoms with Crippen LogP contribution in [0.15, 0.2) is 11.0 Å². The Morgan fingerprint density at radius 1 is 1.62 bits per heavy atom. The SMILES string of the molecule is NCC(=O)OCC1CCC(n2cc(C=O)c(=O)[nH]c2=S)O1. The smallest absolute Gasteiger partial charge is 0.319 e. The van der Waals surface area contributed by atoms with Crippen molar-refractivity contribution in [2.75, 3.05) is 13.2 Å². The van der Waals surface area contributed by atoms with Gasteiger partial charge in [0.2, 0.25) is 0 Å². The third-order valence-corrected chi connectivity index (χ3v) is 3.43. The first-order valence-electron chi connectivity index (χ1n) is 6.37. The number of hydrogen-bond donors (Lipinski definition) is 2. The number of ether oxygens (including phenoxy) is 2. The lowest BCUT2D eigenvalue weighted by Crippen LogP contribution is -2.24. The molecule has 0 spiro atoms. The Balaban J connectivity index is 2.08. The second-order valence-corrected chi connectivity index (χ2v) is 4.93. The van der Waals surface area contributed by atoms with Gasteiger partial charge in [-0.2, -0.15) is 0 Å². The summed E-state index contributed by atoms with van der Waals surface area (Å²) >= 11 is 5.06. The van der Waals surface area contributed by atoms with E-state index in [9.17, 15) is 14.4 Å². The molecule has 1 aliphatic rings. The lowest BCUT2D eigenvalue weighted by molar-refractivity contribution is -0.146. The van der Waals surface area contributed by atoms with Gasteiger partial charge in [0.15, 0.2) is 11.1 Å². The summed E-state index contributed by atoms with van der Waals surface area (Å²) in [4.78, 5) is 35.6. The lowest BCUT2D eigenvalue weighted by Gasteiger charge is -2.17. The maximum Gasteiger partial charge on any atom is 0.319 e. The van der Waals surface area contributed by atoms with Crippen molar-refractivity contribution in [1.29, 1.82) is 0 Å². The maximum atomic E-state index is 11.4. The van der Waals surface area contributed by atoms with E-state index in [1.807, 2.05) is 0 Å². The monoisotopic (exact) mass is 313 g/mol. The number of H-pyrrole nitrogens is 1. The normalized spacial score (nSPS) is 21.2. The van der Waals surface area contributed by atoms with Crippen molar-refractivity contribution in [3.05, 3.63) is 26.9 Å². The molecule has 0 amide bonds.